The Morgan fingerprint density at radius 3 is 2.72 bits per heavy atom. The van der Waals surface area contributed by atoms with Gasteiger partial charge in [-0.15, -0.1) is 11.3 Å². The molecular formula is C15H20N4O4S2. The molecule has 0 spiro atoms. The molecule has 0 atom stereocenters. The molecule has 1 saturated carbocycles. The molecular weight excluding hydrogens is 364 g/mol. The maximum absolute atomic E-state index is 11.7. The van der Waals surface area contributed by atoms with Crippen LogP contribution in [0.3, 0.4) is 0 Å². The molecule has 136 valence electrons. The summed E-state index contributed by atoms with van der Waals surface area (Å²) in [5, 5.41) is 16.5. The van der Waals surface area contributed by atoms with Crippen molar-refractivity contribution in [2.24, 2.45) is 5.92 Å². The van der Waals surface area contributed by atoms with Gasteiger partial charge < -0.3 is 5.32 Å². The molecule has 1 aliphatic rings. The Hall–Kier alpha value is -1.78. The van der Waals surface area contributed by atoms with Crippen molar-refractivity contribution in [1.29, 1.82) is 0 Å². The fourth-order valence-corrected chi connectivity index (χ4v) is 5.23. The lowest BCUT2D eigenvalue weighted by atomic mass is 9.87. The van der Waals surface area contributed by atoms with Crippen molar-refractivity contribution >= 4 is 43.0 Å². The summed E-state index contributed by atoms with van der Waals surface area (Å²) >= 11 is 1.43. The van der Waals surface area contributed by atoms with Crippen LogP contribution in [0, 0.1) is 16.0 Å². The largest absolute Gasteiger partial charge is 0.375 e. The van der Waals surface area contributed by atoms with Gasteiger partial charge in [0.15, 0.2) is 0 Å². The van der Waals surface area contributed by atoms with Crippen molar-refractivity contribution in [3.05, 3.63) is 27.8 Å². The number of nitrogens with one attached hydrogen (secondary N) is 2. The fourth-order valence-electron chi connectivity index (χ4n) is 3.25. The van der Waals surface area contributed by atoms with Crippen LogP contribution in [-0.2, 0) is 10.0 Å². The number of fused-ring (bicyclic) bond motifs is 1. The highest BCUT2D eigenvalue weighted by Crippen LogP contribution is 2.37. The number of hydrogen-bond donors (Lipinski definition) is 2. The molecule has 1 aliphatic carbocycles. The number of nitrogens with zero attached hydrogens (tertiary/aromatic N) is 2. The molecule has 3 rings (SSSR count). The molecule has 0 unspecified atom stereocenters. The third-order valence-electron chi connectivity index (χ3n) is 4.61. The highest BCUT2D eigenvalue weighted by molar-refractivity contribution is 7.89. The second-order valence-corrected chi connectivity index (χ2v) is 9.15. The Kier molecular flexibility index (Phi) is 5.21. The second-order valence-electron chi connectivity index (χ2n) is 6.26. The standard InChI is InChI=1S/C15H20N4O4S2/c1-16-25(22,23)9-10-2-4-11(5-3-10)18-14-13(19(20)21)8-17-12-6-7-24-15(12)14/h6-8,10-11,16H,2-5,9H2,1H3,(H,17,18). The quantitative estimate of drug-likeness (QED) is 0.585. The summed E-state index contributed by atoms with van der Waals surface area (Å²) < 4.78 is 26.5. The Morgan fingerprint density at radius 1 is 1.36 bits per heavy atom. The first kappa shape index (κ1) is 18.0. The third-order valence-corrected chi connectivity index (χ3v) is 7.06. The van der Waals surface area contributed by atoms with E-state index in [1.54, 1.807) is 0 Å². The molecule has 0 saturated heterocycles. The van der Waals surface area contributed by atoms with Crippen molar-refractivity contribution in [3.8, 4) is 0 Å². The Balaban J connectivity index is 1.72. The Bertz CT molecular complexity index is 873. The van der Waals surface area contributed by atoms with Gasteiger partial charge in [-0.1, -0.05) is 0 Å². The number of thiophene rings is 1. The minimum Gasteiger partial charge on any atom is -0.375 e. The zero-order chi connectivity index (χ0) is 18.0. The maximum atomic E-state index is 11.7. The van der Waals surface area contributed by atoms with Gasteiger partial charge in [0.05, 0.1) is 20.9 Å². The number of rotatable bonds is 6. The zero-order valence-electron chi connectivity index (χ0n) is 13.8. The number of sulfonamides is 1. The van der Waals surface area contributed by atoms with Crippen molar-refractivity contribution < 1.29 is 13.3 Å². The van der Waals surface area contributed by atoms with Crippen LogP contribution in [0.2, 0.25) is 0 Å². The minimum absolute atomic E-state index is 0.0187. The van der Waals surface area contributed by atoms with Crippen molar-refractivity contribution in [3.63, 3.8) is 0 Å². The maximum Gasteiger partial charge on any atom is 0.311 e. The number of nitro groups is 1. The van der Waals surface area contributed by atoms with Gasteiger partial charge >= 0.3 is 5.69 Å². The van der Waals surface area contributed by atoms with E-state index in [1.165, 1.54) is 24.6 Å². The minimum atomic E-state index is -3.20. The molecule has 0 bridgehead atoms. The van der Waals surface area contributed by atoms with E-state index >= 15 is 0 Å². The number of aromatic nitrogens is 1. The van der Waals surface area contributed by atoms with Crippen LogP contribution in [0.4, 0.5) is 11.4 Å². The van der Waals surface area contributed by atoms with E-state index in [4.69, 9.17) is 0 Å². The van der Waals surface area contributed by atoms with Crippen molar-refractivity contribution in [1.82, 2.24) is 9.71 Å². The van der Waals surface area contributed by atoms with Gasteiger partial charge in [0.25, 0.3) is 0 Å². The monoisotopic (exact) mass is 384 g/mol. The first-order valence-corrected chi connectivity index (χ1v) is 10.6. The van der Waals surface area contributed by atoms with Crippen LogP contribution in [-0.4, -0.2) is 37.2 Å². The Labute approximate surface area is 149 Å². The number of hydrogen-bond acceptors (Lipinski definition) is 7. The summed E-state index contributed by atoms with van der Waals surface area (Å²) in [4.78, 5) is 15.0. The average Bonchev–Trinajstić information content (AvgIpc) is 3.05. The summed E-state index contributed by atoms with van der Waals surface area (Å²) in [5.41, 5.74) is 1.25. The van der Waals surface area contributed by atoms with E-state index in [2.05, 4.69) is 15.0 Å². The van der Waals surface area contributed by atoms with Crippen LogP contribution in [0.1, 0.15) is 25.7 Å². The summed E-state index contributed by atoms with van der Waals surface area (Å²) in [7, 11) is -1.77. The van der Waals surface area contributed by atoms with E-state index in [0.717, 1.165) is 35.9 Å². The normalized spacial score (nSPS) is 21.3. The van der Waals surface area contributed by atoms with E-state index < -0.39 is 14.9 Å². The van der Waals surface area contributed by atoms with E-state index in [9.17, 15) is 18.5 Å². The predicted octanol–water partition coefficient (Wildman–Crippen LogP) is 2.72. The lowest BCUT2D eigenvalue weighted by Crippen LogP contribution is -2.32. The Morgan fingerprint density at radius 2 is 2.08 bits per heavy atom. The van der Waals surface area contributed by atoms with Gasteiger partial charge in [-0.2, -0.15) is 0 Å². The van der Waals surface area contributed by atoms with Crippen molar-refractivity contribution in [2.75, 3.05) is 18.1 Å². The van der Waals surface area contributed by atoms with Crippen LogP contribution in [0.25, 0.3) is 10.2 Å². The smallest absolute Gasteiger partial charge is 0.311 e. The van der Waals surface area contributed by atoms with Crippen molar-refractivity contribution in [2.45, 2.75) is 31.7 Å². The molecule has 0 amide bonds. The molecule has 0 radical (unpaired) electrons. The van der Waals surface area contributed by atoms with Gasteiger partial charge in [0, 0.05) is 6.04 Å². The van der Waals surface area contributed by atoms with E-state index in [1.807, 2.05) is 11.4 Å². The van der Waals surface area contributed by atoms with Gasteiger partial charge in [-0.25, -0.2) is 18.1 Å². The lowest BCUT2D eigenvalue weighted by molar-refractivity contribution is -0.384. The number of pyridine rings is 1. The third kappa shape index (κ3) is 4.07. The predicted molar refractivity (Wildman–Crippen MR) is 98.5 cm³/mol. The highest BCUT2D eigenvalue weighted by Gasteiger charge is 2.27. The van der Waals surface area contributed by atoms with Crippen LogP contribution in [0.15, 0.2) is 17.6 Å². The first-order valence-electron chi connectivity index (χ1n) is 8.08. The molecule has 2 heterocycles. The summed E-state index contributed by atoms with van der Waals surface area (Å²) in [6.45, 7) is 0. The average molecular weight is 384 g/mol. The molecule has 25 heavy (non-hydrogen) atoms. The molecule has 0 aromatic carbocycles. The number of anilines is 1. The van der Waals surface area contributed by atoms with E-state index in [0.29, 0.717) is 5.69 Å². The second kappa shape index (κ2) is 7.22. The van der Waals surface area contributed by atoms with Crippen LogP contribution < -0.4 is 10.0 Å². The lowest BCUT2D eigenvalue weighted by Gasteiger charge is -2.29. The molecule has 2 aromatic heterocycles. The molecule has 8 nitrogen and oxygen atoms in total. The molecule has 1 fully saturated rings. The summed E-state index contributed by atoms with van der Waals surface area (Å²) in [6, 6.07) is 1.94. The zero-order valence-corrected chi connectivity index (χ0v) is 15.4. The summed E-state index contributed by atoms with van der Waals surface area (Å²) in [6.07, 6.45) is 4.44. The van der Waals surface area contributed by atoms with Gasteiger partial charge in [0.2, 0.25) is 10.0 Å². The van der Waals surface area contributed by atoms with Crippen LogP contribution >= 0.6 is 11.3 Å². The summed E-state index contributed by atoms with van der Waals surface area (Å²) in [5.74, 6) is 0.269. The molecule has 2 aromatic rings. The topological polar surface area (TPSA) is 114 Å². The van der Waals surface area contributed by atoms with Gasteiger partial charge in [0.1, 0.15) is 11.9 Å². The molecule has 2 N–H and O–H groups in total. The highest BCUT2D eigenvalue weighted by atomic mass is 32.2. The van der Waals surface area contributed by atoms with Crippen LogP contribution in [0.5, 0.6) is 0 Å². The van der Waals surface area contributed by atoms with E-state index in [-0.39, 0.29) is 23.4 Å². The molecule has 10 heteroatoms. The molecule has 0 aliphatic heterocycles. The SMILES string of the molecule is CNS(=O)(=O)CC1CCC(Nc2c([N+](=O)[O-])cnc3ccsc23)CC1. The fraction of sp³-hybridized carbons (Fsp3) is 0.533. The van der Waals surface area contributed by atoms with Gasteiger partial charge in [-0.3, -0.25) is 10.1 Å². The van der Waals surface area contributed by atoms with Gasteiger partial charge in [-0.05, 0) is 50.1 Å². The first-order chi connectivity index (χ1) is 11.9.